The van der Waals surface area contributed by atoms with E-state index in [-0.39, 0.29) is 11.7 Å². The number of benzene rings is 1. The standard InChI is InChI=1S/C12H11ClO/c1-8-11(5-6-12(8)14)9-3-2-4-10(13)7-9/h2-4,7,11H,1,5-6H2. The van der Waals surface area contributed by atoms with Gasteiger partial charge in [0.15, 0.2) is 5.78 Å². The zero-order valence-corrected chi connectivity index (χ0v) is 8.55. The third-order valence-electron chi connectivity index (χ3n) is 2.69. The van der Waals surface area contributed by atoms with Crippen molar-refractivity contribution in [3.63, 3.8) is 0 Å². The molecular formula is C12H11ClO. The number of ketones is 1. The van der Waals surface area contributed by atoms with Crippen molar-refractivity contribution in [3.05, 3.63) is 47.0 Å². The van der Waals surface area contributed by atoms with E-state index in [9.17, 15) is 4.79 Å². The molecule has 2 rings (SSSR count). The fourth-order valence-corrected chi connectivity index (χ4v) is 2.09. The van der Waals surface area contributed by atoms with Crippen LogP contribution in [0.1, 0.15) is 24.3 Å². The van der Waals surface area contributed by atoms with Gasteiger partial charge in [0.05, 0.1) is 0 Å². The van der Waals surface area contributed by atoms with Crippen molar-refractivity contribution >= 4 is 17.4 Å². The maximum atomic E-state index is 11.3. The maximum Gasteiger partial charge on any atom is 0.158 e. The Kier molecular flexibility index (Phi) is 2.42. The van der Waals surface area contributed by atoms with Crippen LogP contribution < -0.4 is 0 Å². The summed E-state index contributed by atoms with van der Waals surface area (Å²) in [5.74, 6) is 0.371. The first-order valence-electron chi connectivity index (χ1n) is 4.66. The molecule has 1 nitrogen and oxygen atoms in total. The van der Waals surface area contributed by atoms with Gasteiger partial charge in [-0.25, -0.2) is 0 Å². The van der Waals surface area contributed by atoms with E-state index >= 15 is 0 Å². The van der Waals surface area contributed by atoms with Crippen molar-refractivity contribution in [2.24, 2.45) is 0 Å². The maximum absolute atomic E-state index is 11.3. The minimum Gasteiger partial charge on any atom is -0.295 e. The second-order valence-electron chi connectivity index (χ2n) is 3.59. The second-order valence-corrected chi connectivity index (χ2v) is 4.03. The smallest absolute Gasteiger partial charge is 0.158 e. The van der Waals surface area contributed by atoms with E-state index in [0.29, 0.717) is 6.42 Å². The van der Waals surface area contributed by atoms with E-state index < -0.39 is 0 Å². The van der Waals surface area contributed by atoms with Gasteiger partial charge in [0.2, 0.25) is 0 Å². The number of Topliss-reactive ketones (excluding diaryl/α,β-unsaturated/α-hetero) is 1. The Balaban J connectivity index is 2.32. The monoisotopic (exact) mass is 206 g/mol. The number of hydrogen-bond donors (Lipinski definition) is 0. The van der Waals surface area contributed by atoms with E-state index in [2.05, 4.69) is 6.58 Å². The molecule has 1 aliphatic carbocycles. The minimum atomic E-state index is 0.182. The molecule has 1 saturated carbocycles. The van der Waals surface area contributed by atoms with E-state index in [1.54, 1.807) is 0 Å². The Labute approximate surface area is 88.4 Å². The van der Waals surface area contributed by atoms with Gasteiger partial charge in [-0.1, -0.05) is 30.3 Å². The van der Waals surface area contributed by atoms with Crippen LogP contribution in [0.15, 0.2) is 36.4 Å². The summed E-state index contributed by atoms with van der Waals surface area (Å²) >= 11 is 5.89. The molecule has 1 unspecified atom stereocenters. The van der Waals surface area contributed by atoms with Crippen molar-refractivity contribution in [2.45, 2.75) is 18.8 Å². The fraction of sp³-hybridized carbons (Fsp3) is 0.250. The molecule has 0 radical (unpaired) electrons. The largest absolute Gasteiger partial charge is 0.295 e. The van der Waals surface area contributed by atoms with Gasteiger partial charge in [0.1, 0.15) is 0 Å². The van der Waals surface area contributed by atoms with Crippen molar-refractivity contribution < 1.29 is 4.79 Å². The lowest BCUT2D eigenvalue weighted by Crippen LogP contribution is -1.98. The summed E-state index contributed by atoms with van der Waals surface area (Å²) in [5, 5.41) is 0.717. The molecule has 1 aromatic carbocycles. The van der Waals surface area contributed by atoms with Gasteiger partial charge in [0.25, 0.3) is 0 Å². The predicted octanol–water partition coefficient (Wildman–Crippen LogP) is 3.34. The summed E-state index contributed by atoms with van der Waals surface area (Å²) in [7, 11) is 0. The van der Waals surface area contributed by atoms with Gasteiger partial charge < -0.3 is 0 Å². The highest BCUT2D eigenvalue weighted by atomic mass is 35.5. The summed E-state index contributed by atoms with van der Waals surface area (Å²) in [5.41, 5.74) is 1.83. The average molecular weight is 207 g/mol. The summed E-state index contributed by atoms with van der Waals surface area (Å²) < 4.78 is 0. The quantitative estimate of drug-likeness (QED) is 0.644. The number of carbonyl (C=O) groups is 1. The summed E-state index contributed by atoms with van der Waals surface area (Å²) in [6, 6.07) is 7.66. The van der Waals surface area contributed by atoms with Crippen LogP contribution in [0.2, 0.25) is 5.02 Å². The van der Waals surface area contributed by atoms with Crippen LogP contribution >= 0.6 is 11.6 Å². The number of carbonyl (C=O) groups excluding carboxylic acids is 1. The molecule has 0 heterocycles. The Bertz CT molecular complexity index is 395. The molecule has 0 saturated heterocycles. The lowest BCUT2D eigenvalue weighted by atomic mass is 9.95. The van der Waals surface area contributed by atoms with Crippen LogP contribution in [-0.2, 0) is 4.79 Å². The van der Waals surface area contributed by atoms with Gasteiger partial charge >= 0.3 is 0 Å². The Morgan fingerprint density at radius 2 is 2.21 bits per heavy atom. The lowest BCUT2D eigenvalue weighted by molar-refractivity contribution is -0.114. The molecule has 1 atom stereocenters. The molecule has 1 fully saturated rings. The highest BCUT2D eigenvalue weighted by Crippen LogP contribution is 2.36. The molecule has 0 spiro atoms. The molecule has 1 aromatic rings. The van der Waals surface area contributed by atoms with Crippen molar-refractivity contribution in [1.82, 2.24) is 0 Å². The van der Waals surface area contributed by atoms with Crippen LogP contribution in [0.5, 0.6) is 0 Å². The zero-order valence-electron chi connectivity index (χ0n) is 7.79. The normalized spacial score (nSPS) is 21.6. The van der Waals surface area contributed by atoms with Crippen LogP contribution in [0, 0.1) is 0 Å². The van der Waals surface area contributed by atoms with E-state index in [0.717, 1.165) is 22.6 Å². The Hall–Kier alpha value is -1.08. The molecule has 72 valence electrons. The molecular weight excluding hydrogens is 196 g/mol. The predicted molar refractivity (Wildman–Crippen MR) is 57.6 cm³/mol. The third kappa shape index (κ3) is 1.60. The van der Waals surface area contributed by atoms with Crippen LogP contribution in [0.3, 0.4) is 0 Å². The molecule has 1 aliphatic rings. The van der Waals surface area contributed by atoms with Crippen LogP contribution in [0.4, 0.5) is 0 Å². The van der Waals surface area contributed by atoms with Gasteiger partial charge in [-0.3, -0.25) is 4.79 Å². The van der Waals surface area contributed by atoms with Crippen LogP contribution in [0.25, 0.3) is 0 Å². The second kappa shape index (κ2) is 3.58. The first kappa shape index (κ1) is 9.47. The first-order chi connectivity index (χ1) is 6.68. The van der Waals surface area contributed by atoms with E-state index in [4.69, 9.17) is 11.6 Å². The van der Waals surface area contributed by atoms with E-state index in [1.165, 1.54) is 0 Å². The lowest BCUT2D eigenvalue weighted by Gasteiger charge is -2.10. The number of hydrogen-bond acceptors (Lipinski definition) is 1. The molecule has 0 aromatic heterocycles. The van der Waals surface area contributed by atoms with Crippen LogP contribution in [-0.4, -0.2) is 5.78 Å². The van der Waals surface area contributed by atoms with Crippen molar-refractivity contribution in [1.29, 1.82) is 0 Å². The minimum absolute atomic E-state index is 0.182. The van der Waals surface area contributed by atoms with Gasteiger partial charge in [-0.2, -0.15) is 0 Å². The molecule has 0 aliphatic heterocycles. The molecule has 0 bridgehead atoms. The molecule has 0 N–H and O–H groups in total. The van der Waals surface area contributed by atoms with E-state index in [1.807, 2.05) is 24.3 Å². The number of rotatable bonds is 1. The average Bonchev–Trinajstić information content (AvgIpc) is 2.48. The highest BCUT2D eigenvalue weighted by Gasteiger charge is 2.27. The van der Waals surface area contributed by atoms with Gasteiger partial charge in [0, 0.05) is 17.4 Å². The fourth-order valence-electron chi connectivity index (χ4n) is 1.90. The van der Waals surface area contributed by atoms with Gasteiger partial charge in [-0.15, -0.1) is 0 Å². The SMILES string of the molecule is C=C1C(=O)CCC1c1cccc(Cl)c1. The first-order valence-corrected chi connectivity index (χ1v) is 5.04. The summed E-state index contributed by atoms with van der Waals surface area (Å²) in [6.07, 6.45) is 1.49. The van der Waals surface area contributed by atoms with Gasteiger partial charge in [-0.05, 0) is 29.7 Å². The summed E-state index contributed by atoms with van der Waals surface area (Å²) in [4.78, 5) is 11.3. The van der Waals surface area contributed by atoms with Crippen molar-refractivity contribution in [2.75, 3.05) is 0 Å². The molecule has 0 amide bonds. The topological polar surface area (TPSA) is 17.1 Å². The number of allylic oxidation sites excluding steroid dienone is 1. The third-order valence-corrected chi connectivity index (χ3v) is 2.93. The molecule has 14 heavy (non-hydrogen) atoms. The number of halogens is 1. The summed E-state index contributed by atoms with van der Waals surface area (Å²) in [6.45, 7) is 3.83. The van der Waals surface area contributed by atoms with Crippen molar-refractivity contribution in [3.8, 4) is 0 Å². The molecule has 2 heteroatoms. The highest BCUT2D eigenvalue weighted by molar-refractivity contribution is 6.30. The Morgan fingerprint density at radius 3 is 2.79 bits per heavy atom. The zero-order chi connectivity index (χ0) is 10.1. The Morgan fingerprint density at radius 1 is 1.43 bits per heavy atom.